The molecule has 0 aliphatic heterocycles. The topological polar surface area (TPSA) is 67.8 Å². The van der Waals surface area contributed by atoms with Gasteiger partial charge in [-0.2, -0.15) is 0 Å². The molecule has 2 rings (SSSR count). The Bertz CT molecular complexity index is 455. The SMILES string of the molecule is COc1ccc(C(=O)NCC2CC(O)C2)cc1OC. The number of ether oxygens (including phenoxy) is 2. The van der Waals surface area contributed by atoms with E-state index in [4.69, 9.17) is 9.47 Å². The zero-order valence-electron chi connectivity index (χ0n) is 11.2. The van der Waals surface area contributed by atoms with Crippen molar-refractivity contribution in [3.8, 4) is 11.5 Å². The van der Waals surface area contributed by atoms with E-state index < -0.39 is 0 Å². The van der Waals surface area contributed by atoms with Gasteiger partial charge in [0.1, 0.15) is 0 Å². The molecule has 5 nitrogen and oxygen atoms in total. The second-order valence-electron chi connectivity index (χ2n) is 4.77. The smallest absolute Gasteiger partial charge is 0.251 e. The summed E-state index contributed by atoms with van der Waals surface area (Å²) in [6.45, 7) is 0.601. The lowest BCUT2D eigenvalue weighted by Gasteiger charge is -2.31. The van der Waals surface area contributed by atoms with Crippen molar-refractivity contribution in [2.24, 2.45) is 5.92 Å². The van der Waals surface area contributed by atoms with Crippen LogP contribution < -0.4 is 14.8 Å². The Morgan fingerprint density at radius 3 is 2.58 bits per heavy atom. The number of benzene rings is 1. The van der Waals surface area contributed by atoms with Crippen molar-refractivity contribution in [2.75, 3.05) is 20.8 Å². The molecule has 1 fully saturated rings. The summed E-state index contributed by atoms with van der Waals surface area (Å²) in [7, 11) is 3.09. The van der Waals surface area contributed by atoms with Crippen LogP contribution in [0.15, 0.2) is 18.2 Å². The van der Waals surface area contributed by atoms with E-state index in [0.29, 0.717) is 29.5 Å². The lowest BCUT2D eigenvalue weighted by Crippen LogP contribution is -2.38. The molecule has 1 aromatic rings. The molecule has 5 heteroatoms. The predicted molar refractivity (Wildman–Crippen MR) is 70.6 cm³/mol. The first-order valence-corrected chi connectivity index (χ1v) is 6.32. The molecule has 104 valence electrons. The highest BCUT2D eigenvalue weighted by atomic mass is 16.5. The highest BCUT2D eigenvalue weighted by Crippen LogP contribution is 2.28. The molecule has 0 bridgehead atoms. The van der Waals surface area contributed by atoms with Gasteiger partial charge in [-0.25, -0.2) is 0 Å². The fraction of sp³-hybridized carbons (Fsp3) is 0.500. The van der Waals surface area contributed by atoms with E-state index >= 15 is 0 Å². The molecule has 0 radical (unpaired) electrons. The molecular formula is C14H19NO4. The first-order valence-electron chi connectivity index (χ1n) is 6.32. The average molecular weight is 265 g/mol. The fourth-order valence-corrected chi connectivity index (χ4v) is 2.18. The van der Waals surface area contributed by atoms with E-state index in [9.17, 15) is 9.90 Å². The summed E-state index contributed by atoms with van der Waals surface area (Å²) in [5, 5.41) is 12.0. The zero-order chi connectivity index (χ0) is 13.8. The number of hydrogen-bond acceptors (Lipinski definition) is 4. The van der Waals surface area contributed by atoms with E-state index in [1.54, 1.807) is 25.3 Å². The summed E-state index contributed by atoms with van der Waals surface area (Å²) in [6.07, 6.45) is 1.35. The molecule has 1 aromatic carbocycles. The summed E-state index contributed by atoms with van der Waals surface area (Å²) >= 11 is 0. The molecule has 0 unspecified atom stereocenters. The Labute approximate surface area is 112 Å². The van der Waals surface area contributed by atoms with Crippen molar-refractivity contribution < 1.29 is 19.4 Å². The lowest BCUT2D eigenvalue weighted by atomic mass is 9.82. The van der Waals surface area contributed by atoms with Crippen molar-refractivity contribution in [1.82, 2.24) is 5.32 Å². The number of methoxy groups -OCH3 is 2. The molecule has 0 atom stereocenters. The monoisotopic (exact) mass is 265 g/mol. The van der Waals surface area contributed by atoms with Crippen LogP contribution in [0.3, 0.4) is 0 Å². The quantitative estimate of drug-likeness (QED) is 0.839. The van der Waals surface area contributed by atoms with Crippen LogP contribution in [-0.4, -0.2) is 37.9 Å². The van der Waals surface area contributed by atoms with Crippen LogP contribution in [0.4, 0.5) is 0 Å². The third-order valence-corrected chi connectivity index (χ3v) is 3.41. The van der Waals surface area contributed by atoms with E-state index in [-0.39, 0.29) is 12.0 Å². The minimum atomic E-state index is -0.192. The predicted octanol–water partition coefficient (Wildman–Crippen LogP) is 1.20. The molecular weight excluding hydrogens is 246 g/mol. The second-order valence-corrected chi connectivity index (χ2v) is 4.77. The average Bonchev–Trinajstić information content (AvgIpc) is 2.41. The number of carbonyl (C=O) groups excluding carboxylic acids is 1. The van der Waals surface area contributed by atoms with Crippen LogP contribution in [0.5, 0.6) is 11.5 Å². The number of hydrogen-bond donors (Lipinski definition) is 2. The standard InChI is InChI=1S/C14H19NO4/c1-18-12-4-3-10(7-13(12)19-2)14(17)15-8-9-5-11(16)6-9/h3-4,7,9,11,16H,5-6,8H2,1-2H3,(H,15,17). The number of aliphatic hydroxyl groups excluding tert-OH is 1. The van der Waals surface area contributed by atoms with Gasteiger partial charge in [0, 0.05) is 12.1 Å². The van der Waals surface area contributed by atoms with Gasteiger partial charge in [-0.05, 0) is 37.0 Å². The third kappa shape index (κ3) is 3.17. The maximum atomic E-state index is 12.0. The first kappa shape index (κ1) is 13.7. The van der Waals surface area contributed by atoms with E-state index in [1.807, 2.05) is 0 Å². The molecule has 2 N–H and O–H groups in total. The summed E-state index contributed by atoms with van der Waals surface area (Å²) in [6, 6.07) is 5.07. The zero-order valence-corrected chi connectivity index (χ0v) is 11.2. The van der Waals surface area contributed by atoms with Crippen molar-refractivity contribution in [3.05, 3.63) is 23.8 Å². The highest BCUT2D eigenvalue weighted by Gasteiger charge is 2.27. The van der Waals surface area contributed by atoms with Crippen molar-refractivity contribution in [2.45, 2.75) is 18.9 Å². The molecule has 0 spiro atoms. The Balaban J connectivity index is 1.94. The van der Waals surface area contributed by atoms with Gasteiger partial charge >= 0.3 is 0 Å². The largest absolute Gasteiger partial charge is 0.493 e. The van der Waals surface area contributed by atoms with E-state index in [1.165, 1.54) is 7.11 Å². The van der Waals surface area contributed by atoms with Crippen molar-refractivity contribution in [1.29, 1.82) is 0 Å². The van der Waals surface area contributed by atoms with Crippen LogP contribution in [0.2, 0.25) is 0 Å². The summed E-state index contributed by atoms with van der Waals surface area (Å²) < 4.78 is 10.3. The second kappa shape index (κ2) is 5.93. The molecule has 1 aliphatic rings. The minimum Gasteiger partial charge on any atom is -0.493 e. The Hall–Kier alpha value is -1.75. The maximum absolute atomic E-state index is 12.0. The van der Waals surface area contributed by atoms with Crippen LogP contribution in [0.1, 0.15) is 23.2 Å². The fourth-order valence-electron chi connectivity index (χ4n) is 2.18. The van der Waals surface area contributed by atoms with E-state index in [2.05, 4.69) is 5.32 Å². The van der Waals surface area contributed by atoms with Crippen LogP contribution in [0.25, 0.3) is 0 Å². The van der Waals surface area contributed by atoms with Gasteiger partial charge in [0.2, 0.25) is 0 Å². The Morgan fingerprint density at radius 2 is 2.00 bits per heavy atom. The Kier molecular flexibility index (Phi) is 4.27. The van der Waals surface area contributed by atoms with Gasteiger partial charge < -0.3 is 19.9 Å². The Morgan fingerprint density at radius 1 is 1.32 bits per heavy atom. The normalized spacial score (nSPS) is 21.4. The summed E-state index contributed by atoms with van der Waals surface area (Å²) in [4.78, 5) is 12.0. The van der Waals surface area contributed by atoms with Crippen LogP contribution in [-0.2, 0) is 0 Å². The van der Waals surface area contributed by atoms with Gasteiger partial charge in [0.25, 0.3) is 5.91 Å². The maximum Gasteiger partial charge on any atom is 0.251 e. The summed E-state index contributed by atoms with van der Waals surface area (Å²) in [5.74, 6) is 1.39. The minimum absolute atomic E-state index is 0.137. The van der Waals surface area contributed by atoms with E-state index in [0.717, 1.165) is 12.8 Å². The van der Waals surface area contributed by atoms with Gasteiger partial charge in [0.05, 0.1) is 20.3 Å². The van der Waals surface area contributed by atoms with Gasteiger partial charge in [-0.1, -0.05) is 0 Å². The highest BCUT2D eigenvalue weighted by molar-refractivity contribution is 5.94. The van der Waals surface area contributed by atoms with Gasteiger partial charge in [-0.15, -0.1) is 0 Å². The molecule has 0 saturated heterocycles. The molecule has 1 aliphatic carbocycles. The number of carbonyl (C=O) groups is 1. The number of nitrogens with one attached hydrogen (secondary N) is 1. The number of rotatable bonds is 5. The van der Waals surface area contributed by atoms with Crippen molar-refractivity contribution >= 4 is 5.91 Å². The molecule has 0 aromatic heterocycles. The first-order chi connectivity index (χ1) is 9.13. The number of amides is 1. The van der Waals surface area contributed by atoms with Gasteiger partial charge in [-0.3, -0.25) is 4.79 Å². The molecule has 1 amide bonds. The molecule has 0 heterocycles. The van der Waals surface area contributed by atoms with Crippen LogP contribution >= 0.6 is 0 Å². The third-order valence-electron chi connectivity index (χ3n) is 3.41. The molecule has 1 saturated carbocycles. The van der Waals surface area contributed by atoms with Crippen LogP contribution in [0, 0.1) is 5.92 Å². The van der Waals surface area contributed by atoms with Crippen molar-refractivity contribution in [3.63, 3.8) is 0 Å². The number of aliphatic hydroxyl groups is 1. The lowest BCUT2D eigenvalue weighted by molar-refractivity contribution is 0.0420. The molecule has 19 heavy (non-hydrogen) atoms. The van der Waals surface area contributed by atoms with Gasteiger partial charge in [0.15, 0.2) is 11.5 Å². The summed E-state index contributed by atoms with van der Waals surface area (Å²) in [5.41, 5.74) is 0.539.